The zero-order valence-corrected chi connectivity index (χ0v) is 9.33. The molecule has 6 heteroatoms. The molecule has 0 aromatic carbocycles. The first kappa shape index (κ1) is 10.8. The normalized spacial score (nSPS) is 46.8. The third-order valence-electron chi connectivity index (χ3n) is 4.90. The lowest BCUT2D eigenvalue weighted by Crippen LogP contribution is -2.67. The molecule has 0 heterocycles. The average molecular weight is 240 g/mol. The van der Waals surface area contributed by atoms with E-state index in [1.54, 1.807) is 0 Å². The average Bonchev–Trinajstić information content (AvgIpc) is 2.21. The van der Waals surface area contributed by atoms with Gasteiger partial charge >= 0.3 is 0 Å². The maximum atomic E-state index is 11.4. The van der Waals surface area contributed by atoms with Gasteiger partial charge in [-0.25, -0.2) is 0 Å². The second kappa shape index (κ2) is 3.34. The Hall–Kier alpha value is -1.33. The first-order valence-electron chi connectivity index (χ1n) is 6.07. The van der Waals surface area contributed by atoms with Crippen LogP contribution in [0.25, 0.3) is 0 Å². The highest BCUT2D eigenvalue weighted by molar-refractivity contribution is 5.77. The third kappa shape index (κ3) is 1.36. The Kier molecular flexibility index (Phi) is 2.12. The molecule has 4 aliphatic carbocycles. The van der Waals surface area contributed by atoms with Crippen LogP contribution in [0.15, 0.2) is 0 Å². The largest absolute Gasteiger partial charge is 0.547 e. The van der Waals surface area contributed by atoms with E-state index in [0.717, 1.165) is 32.1 Å². The van der Waals surface area contributed by atoms with Gasteiger partial charge in [-0.15, -0.1) is 10.1 Å². The molecule has 0 aromatic rings. The number of carboxylic acid groups (broad SMARTS) is 1. The molecule has 0 amide bonds. The van der Waals surface area contributed by atoms with E-state index in [1.165, 1.54) is 0 Å². The Balaban J connectivity index is 1.98. The molecule has 4 saturated carbocycles. The van der Waals surface area contributed by atoms with Gasteiger partial charge in [0.05, 0.1) is 5.97 Å². The van der Waals surface area contributed by atoms with Crippen molar-refractivity contribution >= 4 is 5.97 Å². The van der Waals surface area contributed by atoms with E-state index in [2.05, 4.69) is 4.84 Å². The van der Waals surface area contributed by atoms with Gasteiger partial charge in [-0.1, -0.05) is 0 Å². The predicted molar refractivity (Wildman–Crippen MR) is 52.9 cm³/mol. The fourth-order valence-electron chi connectivity index (χ4n) is 4.53. The Labute approximate surface area is 98.0 Å². The lowest BCUT2D eigenvalue weighted by Gasteiger charge is -2.59. The summed E-state index contributed by atoms with van der Waals surface area (Å²) < 4.78 is 0. The van der Waals surface area contributed by atoms with Crippen LogP contribution in [0.4, 0.5) is 0 Å². The third-order valence-corrected chi connectivity index (χ3v) is 4.90. The number of carbonyl (C=O) groups is 1. The van der Waals surface area contributed by atoms with Crippen molar-refractivity contribution in [1.82, 2.24) is 0 Å². The zero-order valence-electron chi connectivity index (χ0n) is 9.33. The number of hydrogen-bond donors (Lipinski definition) is 0. The molecule has 94 valence electrons. The molecule has 4 rings (SSSR count). The minimum absolute atomic E-state index is 0.242. The number of rotatable bonds is 3. The zero-order chi connectivity index (χ0) is 12.2. The van der Waals surface area contributed by atoms with Crippen molar-refractivity contribution in [2.24, 2.45) is 23.7 Å². The minimum Gasteiger partial charge on any atom is -0.547 e. The maximum absolute atomic E-state index is 11.4. The molecule has 0 radical (unpaired) electrons. The van der Waals surface area contributed by atoms with Crippen LogP contribution in [-0.4, -0.2) is 16.7 Å². The smallest absolute Gasteiger partial charge is 0.295 e. The second-order valence-corrected chi connectivity index (χ2v) is 5.70. The van der Waals surface area contributed by atoms with Crippen LogP contribution in [0.3, 0.4) is 0 Å². The summed E-state index contributed by atoms with van der Waals surface area (Å²) in [5, 5.41) is 21.0. The van der Waals surface area contributed by atoms with E-state index in [4.69, 9.17) is 0 Å². The highest BCUT2D eigenvalue weighted by atomic mass is 17.0. The number of carboxylic acids is 1. The summed E-state index contributed by atoms with van der Waals surface area (Å²) >= 11 is 0. The van der Waals surface area contributed by atoms with E-state index in [9.17, 15) is 20.0 Å². The van der Waals surface area contributed by atoms with Crippen molar-refractivity contribution in [3.05, 3.63) is 10.1 Å². The minimum atomic E-state index is -1.67. The van der Waals surface area contributed by atoms with Gasteiger partial charge in [0, 0.05) is 0 Å². The van der Waals surface area contributed by atoms with Gasteiger partial charge in [0.1, 0.15) is 0 Å². The van der Waals surface area contributed by atoms with Crippen molar-refractivity contribution in [3.63, 3.8) is 0 Å². The quantitative estimate of drug-likeness (QED) is 0.516. The molecule has 0 saturated heterocycles. The lowest BCUT2D eigenvalue weighted by molar-refractivity contribution is -0.785. The first-order chi connectivity index (χ1) is 8.02. The van der Waals surface area contributed by atoms with Crippen molar-refractivity contribution in [2.75, 3.05) is 0 Å². The van der Waals surface area contributed by atoms with Gasteiger partial charge in [0.15, 0.2) is 5.60 Å². The summed E-state index contributed by atoms with van der Waals surface area (Å²) in [4.78, 5) is 26.6. The van der Waals surface area contributed by atoms with Crippen molar-refractivity contribution in [2.45, 2.75) is 37.7 Å². The lowest BCUT2D eigenvalue weighted by atomic mass is 9.50. The van der Waals surface area contributed by atoms with Crippen LogP contribution in [-0.2, 0) is 9.63 Å². The van der Waals surface area contributed by atoms with Gasteiger partial charge in [0.25, 0.3) is 5.09 Å². The summed E-state index contributed by atoms with van der Waals surface area (Å²) in [5.41, 5.74) is -1.67. The van der Waals surface area contributed by atoms with Crippen LogP contribution < -0.4 is 5.11 Å². The number of carbonyl (C=O) groups excluding carboxylic acids is 1. The second-order valence-electron chi connectivity index (χ2n) is 5.70. The summed E-state index contributed by atoms with van der Waals surface area (Å²) in [6, 6.07) is 0. The number of nitrogens with zero attached hydrogens (tertiary/aromatic N) is 1. The molecule has 0 atom stereocenters. The highest BCUT2D eigenvalue weighted by Gasteiger charge is 2.60. The van der Waals surface area contributed by atoms with Crippen LogP contribution in [0, 0.1) is 33.8 Å². The van der Waals surface area contributed by atoms with Crippen LogP contribution >= 0.6 is 0 Å². The van der Waals surface area contributed by atoms with Crippen molar-refractivity contribution < 1.29 is 19.8 Å². The van der Waals surface area contributed by atoms with E-state index >= 15 is 0 Å². The van der Waals surface area contributed by atoms with E-state index in [1.807, 2.05) is 0 Å². The summed E-state index contributed by atoms with van der Waals surface area (Å²) in [6.07, 6.45) is 4.07. The Morgan fingerprint density at radius 3 is 1.94 bits per heavy atom. The first-order valence-corrected chi connectivity index (χ1v) is 6.07. The standard InChI is InChI=1S/C11H15NO5/c13-10(14)11(17-12(15)16)8-2-6-1-7(4-8)5-9(11)3-6/h6-9H,1-5H2,(H,13,14)/p-1. The summed E-state index contributed by atoms with van der Waals surface area (Å²) in [5.74, 6) is -0.827. The fraction of sp³-hybridized carbons (Fsp3) is 0.909. The van der Waals surface area contributed by atoms with Gasteiger partial charge in [-0.05, 0) is 55.8 Å². The van der Waals surface area contributed by atoms with Gasteiger partial charge in [-0.3, -0.25) is 0 Å². The Morgan fingerprint density at radius 2 is 1.59 bits per heavy atom. The summed E-state index contributed by atoms with van der Waals surface area (Å²) in [7, 11) is 0. The Morgan fingerprint density at radius 1 is 1.12 bits per heavy atom. The van der Waals surface area contributed by atoms with Crippen LogP contribution in [0.2, 0.25) is 0 Å². The van der Waals surface area contributed by atoms with Gasteiger partial charge in [0.2, 0.25) is 0 Å². The van der Waals surface area contributed by atoms with Crippen LogP contribution in [0.1, 0.15) is 32.1 Å². The van der Waals surface area contributed by atoms with Crippen LogP contribution in [0.5, 0.6) is 0 Å². The molecule has 0 unspecified atom stereocenters. The molecule has 0 aliphatic heterocycles. The van der Waals surface area contributed by atoms with Gasteiger partial charge < -0.3 is 14.7 Å². The molecule has 0 aromatic heterocycles. The molecule has 0 spiro atoms. The predicted octanol–water partition coefficient (Wildman–Crippen LogP) is 0.139. The fourth-order valence-corrected chi connectivity index (χ4v) is 4.53. The molecule has 4 aliphatic rings. The highest BCUT2D eigenvalue weighted by Crippen LogP contribution is 2.59. The topological polar surface area (TPSA) is 92.5 Å². The van der Waals surface area contributed by atoms with E-state index < -0.39 is 16.7 Å². The maximum Gasteiger partial charge on any atom is 0.295 e. The number of aliphatic carboxylic acids is 1. The molecular weight excluding hydrogens is 226 g/mol. The SMILES string of the molecule is O=C([O-])C1(O[N+](=O)[O-])C2CC3CC(C2)CC1C3. The van der Waals surface area contributed by atoms with Gasteiger partial charge in [-0.2, -0.15) is 0 Å². The molecule has 6 nitrogen and oxygen atoms in total. The molecule has 17 heavy (non-hydrogen) atoms. The van der Waals surface area contributed by atoms with E-state index in [0.29, 0.717) is 11.8 Å². The van der Waals surface area contributed by atoms with E-state index in [-0.39, 0.29) is 11.8 Å². The molecular formula is C11H14NO5-. The Bertz CT molecular complexity index is 352. The number of hydrogen-bond acceptors (Lipinski definition) is 5. The molecule has 4 fully saturated rings. The van der Waals surface area contributed by atoms with Crippen molar-refractivity contribution in [1.29, 1.82) is 0 Å². The molecule has 4 bridgehead atoms. The monoisotopic (exact) mass is 240 g/mol. The molecule has 0 N–H and O–H groups in total. The summed E-state index contributed by atoms with van der Waals surface area (Å²) in [6.45, 7) is 0. The van der Waals surface area contributed by atoms with Crippen molar-refractivity contribution in [3.8, 4) is 0 Å².